The van der Waals surface area contributed by atoms with Crippen molar-refractivity contribution >= 4 is 19.6 Å². The molecule has 0 N–H and O–H groups in total. The first-order valence-electron chi connectivity index (χ1n) is 7.96. The van der Waals surface area contributed by atoms with E-state index in [1.54, 1.807) is 39.0 Å². The van der Waals surface area contributed by atoms with Gasteiger partial charge >= 0.3 is 13.6 Å². The van der Waals surface area contributed by atoms with E-state index < -0.39 is 13.6 Å². The molecule has 0 amide bonds. The molecule has 140 valence electrons. The first-order chi connectivity index (χ1) is 11.9. The first kappa shape index (κ1) is 21.2. The molecule has 0 aromatic heterocycles. The number of methoxy groups -OCH3 is 2. The molecule has 0 bridgehead atoms. The molecule has 0 saturated heterocycles. The summed E-state index contributed by atoms with van der Waals surface area (Å²) in [6.07, 6.45) is 1.39. The number of esters is 1. The van der Waals surface area contributed by atoms with E-state index in [0.29, 0.717) is 17.1 Å². The fourth-order valence-electron chi connectivity index (χ4n) is 2.07. The molecule has 0 unspecified atom stereocenters. The Bertz CT molecular complexity index is 644. The molecule has 0 spiro atoms. The number of carbonyl (C=O) groups is 1. The third kappa shape index (κ3) is 5.59. The van der Waals surface area contributed by atoms with E-state index in [1.165, 1.54) is 20.3 Å². The summed E-state index contributed by atoms with van der Waals surface area (Å²) in [5.74, 6) is 0.262. The van der Waals surface area contributed by atoms with E-state index in [9.17, 15) is 9.36 Å². The molecule has 0 fully saturated rings. The van der Waals surface area contributed by atoms with Gasteiger partial charge in [-0.05, 0) is 45.0 Å². The van der Waals surface area contributed by atoms with Gasteiger partial charge in [0.1, 0.15) is 16.8 Å². The summed E-state index contributed by atoms with van der Waals surface area (Å²) in [5, 5.41) is -0.190. The Labute approximate surface area is 148 Å². The van der Waals surface area contributed by atoms with Gasteiger partial charge < -0.3 is 23.3 Å². The molecule has 0 aliphatic carbocycles. The second-order valence-corrected chi connectivity index (χ2v) is 6.68. The minimum Gasteiger partial charge on any atom is -0.497 e. The average molecular weight is 372 g/mol. The maximum Gasteiger partial charge on any atom is 0.368 e. The quantitative estimate of drug-likeness (QED) is 0.350. The zero-order valence-electron chi connectivity index (χ0n) is 15.2. The van der Waals surface area contributed by atoms with Gasteiger partial charge in [0.25, 0.3) is 0 Å². The lowest BCUT2D eigenvalue weighted by Crippen LogP contribution is -2.11. The highest BCUT2D eigenvalue weighted by Gasteiger charge is 2.36. The van der Waals surface area contributed by atoms with Gasteiger partial charge in [-0.25, -0.2) is 4.79 Å². The van der Waals surface area contributed by atoms with Gasteiger partial charge in [0, 0.05) is 5.56 Å². The molecule has 0 atom stereocenters. The van der Waals surface area contributed by atoms with Gasteiger partial charge in [-0.2, -0.15) is 0 Å². The fourth-order valence-corrected chi connectivity index (χ4v) is 3.69. The molecular formula is C17H25O7P. The number of hydrogen-bond donors (Lipinski definition) is 0. The van der Waals surface area contributed by atoms with Gasteiger partial charge in [0.15, 0.2) is 0 Å². The van der Waals surface area contributed by atoms with E-state index >= 15 is 0 Å². The van der Waals surface area contributed by atoms with Crippen molar-refractivity contribution in [3.05, 3.63) is 29.1 Å². The smallest absolute Gasteiger partial charge is 0.368 e. The highest BCUT2D eigenvalue weighted by molar-refractivity contribution is 7.60. The van der Waals surface area contributed by atoms with E-state index in [1.807, 2.05) is 0 Å². The van der Waals surface area contributed by atoms with Crippen molar-refractivity contribution in [2.24, 2.45) is 0 Å². The van der Waals surface area contributed by atoms with Gasteiger partial charge in [0.2, 0.25) is 0 Å². The highest BCUT2D eigenvalue weighted by atomic mass is 31.2. The van der Waals surface area contributed by atoms with E-state index in [2.05, 4.69) is 0 Å². The van der Waals surface area contributed by atoms with Crippen molar-refractivity contribution in [2.75, 3.05) is 34.0 Å². The van der Waals surface area contributed by atoms with Crippen molar-refractivity contribution in [3.8, 4) is 11.5 Å². The van der Waals surface area contributed by atoms with Crippen LogP contribution in [0.4, 0.5) is 0 Å². The van der Waals surface area contributed by atoms with E-state index in [0.717, 1.165) is 0 Å². The predicted molar refractivity (Wildman–Crippen MR) is 95.0 cm³/mol. The van der Waals surface area contributed by atoms with Crippen LogP contribution in [-0.2, 0) is 23.1 Å². The normalized spacial score (nSPS) is 12.0. The van der Waals surface area contributed by atoms with E-state index in [4.69, 9.17) is 23.3 Å². The molecular weight excluding hydrogens is 347 g/mol. The largest absolute Gasteiger partial charge is 0.497 e. The SMILES string of the molecule is CCOC(=O)/C(=C\c1cc(OC)ccc1OC)P(=O)(OCC)OCC. The number of ether oxygens (including phenoxy) is 3. The Kier molecular flexibility index (Phi) is 8.69. The second kappa shape index (κ2) is 10.2. The van der Waals surface area contributed by atoms with Crippen LogP contribution in [0.5, 0.6) is 11.5 Å². The Morgan fingerprint density at radius 1 is 1.04 bits per heavy atom. The predicted octanol–water partition coefficient (Wildman–Crippen LogP) is 3.87. The molecule has 25 heavy (non-hydrogen) atoms. The van der Waals surface area contributed by atoms with Gasteiger partial charge in [-0.15, -0.1) is 0 Å². The number of hydrogen-bond acceptors (Lipinski definition) is 7. The maximum atomic E-state index is 13.1. The van der Waals surface area contributed by atoms with Crippen molar-refractivity contribution in [2.45, 2.75) is 20.8 Å². The number of benzene rings is 1. The van der Waals surface area contributed by atoms with Crippen molar-refractivity contribution < 1.29 is 32.6 Å². The minimum atomic E-state index is -3.84. The lowest BCUT2D eigenvalue weighted by Gasteiger charge is -2.19. The molecule has 0 aliphatic heterocycles. The van der Waals surface area contributed by atoms with Crippen molar-refractivity contribution in [1.29, 1.82) is 0 Å². The van der Waals surface area contributed by atoms with Crippen LogP contribution in [-0.4, -0.2) is 40.0 Å². The summed E-state index contributed by atoms with van der Waals surface area (Å²) in [6, 6.07) is 5.05. The van der Waals surface area contributed by atoms with Crippen LogP contribution in [0, 0.1) is 0 Å². The highest BCUT2D eigenvalue weighted by Crippen LogP contribution is 2.57. The van der Waals surface area contributed by atoms with Gasteiger partial charge in [-0.3, -0.25) is 4.57 Å². The lowest BCUT2D eigenvalue weighted by atomic mass is 10.1. The third-order valence-electron chi connectivity index (χ3n) is 3.11. The van der Waals surface area contributed by atoms with Crippen LogP contribution < -0.4 is 9.47 Å². The monoisotopic (exact) mass is 372 g/mol. The maximum absolute atomic E-state index is 13.1. The molecule has 7 nitrogen and oxygen atoms in total. The van der Waals surface area contributed by atoms with Crippen molar-refractivity contribution in [1.82, 2.24) is 0 Å². The molecule has 1 aromatic rings. The zero-order valence-corrected chi connectivity index (χ0v) is 16.1. The van der Waals surface area contributed by atoms with Crippen LogP contribution >= 0.6 is 7.60 Å². The minimum absolute atomic E-state index is 0.114. The fraction of sp³-hybridized carbons (Fsp3) is 0.471. The summed E-state index contributed by atoms with van der Waals surface area (Å²) in [7, 11) is -0.830. The van der Waals surface area contributed by atoms with Crippen LogP contribution in [0.1, 0.15) is 26.3 Å². The third-order valence-corrected chi connectivity index (χ3v) is 5.20. The molecule has 8 heteroatoms. The first-order valence-corrected chi connectivity index (χ1v) is 9.50. The summed E-state index contributed by atoms with van der Waals surface area (Å²) in [6.45, 7) is 5.35. The topological polar surface area (TPSA) is 80.3 Å². The van der Waals surface area contributed by atoms with Crippen molar-refractivity contribution in [3.63, 3.8) is 0 Å². The lowest BCUT2D eigenvalue weighted by molar-refractivity contribution is -0.137. The molecule has 0 heterocycles. The van der Waals surface area contributed by atoms with Crippen LogP contribution in [0.3, 0.4) is 0 Å². The summed E-state index contributed by atoms with van der Waals surface area (Å²) in [5.41, 5.74) is 0.490. The second-order valence-electron chi connectivity index (χ2n) is 4.69. The molecule has 1 rings (SSSR count). The Morgan fingerprint density at radius 2 is 1.68 bits per heavy atom. The van der Waals surface area contributed by atoms with Gasteiger partial charge in [-0.1, -0.05) is 0 Å². The van der Waals surface area contributed by atoms with E-state index in [-0.39, 0.29) is 25.1 Å². The van der Waals surface area contributed by atoms with Crippen LogP contribution in [0.15, 0.2) is 23.5 Å². The summed E-state index contributed by atoms with van der Waals surface area (Å²) >= 11 is 0. The molecule has 0 saturated carbocycles. The van der Waals surface area contributed by atoms with Crippen LogP contribution in [0.25, 0.3) is 6.08 Å². The van der Waals surface area contributed by atoms with Gasteiger partial charge in [0.05, 0.1) is 34.0 Å². The van der Waals surface area contributed by atoms with Crippen LogP contribution in [0.2, 0.25) is 0 Å². The Balaban J connectivity index is 3.53. The Morgan fingerprint density at radius 3 is 2.16 bits per heavy atom. The number of carbonyl (C=O) groups excluding carboxylic acids is 1. The Hall–Kier alpha value is -1.82. The number of rotatable bonds is 10. The molecule has 0 aliphatic rings. The average Bonchev–Trinajstić information content (AvgIpc) is 2.59. The molecule has 1 aromatic carbocycles. The summed E-state index contributed by atoms with van der Waals surface area (Å²) in [4.78, 5) is 12.4. The zero-order chi connectivity index (χ0) is 18.9. The standard InChI is InChI=1S/C17H25O7P/c1-6-22-17(18)16(25(19,23-7-2)24-8-3)12-13-11-14(20-4)9-10-15(13)21-5/h9-12H,6-8H2,1-5H3/b16-12+. The molecule has 0 radical (unpaired) electrons. The summed E-state index contributed by atoms with van der Waals surface area (Å²) < 4.78 is 39.2.